The molecular weight excluding hydrogens is 290 g/mol. The van der Waals surface area contributed by atoms with Crippen LogP contribution in [0.1, 0.15) is 74.2 Å². The van der Waals surface area contributed by atoms with Gasteiger partial charge in [0.25, 0.3) is 0 Å². The van der Waals surface area contributed by atoms with Crippen molar-refractivity contribution in [1.82, 2.24) is 25.1 Å². The number of oxazole rings is 1. The van der Waals surface area contributed by atoms with Crippen molar-refractivity contribution < 1.29 is 4.42 Å². The molecule has 0 bridgehead atoms. The summed E-state index contributed by atoms with van der Waals surface area (Å²) >= 11 is 0. The van der Waals surface area contributed by atoms with E-state index in [9.17, 15) is 0 Å². The molecule has 6 nitrogen and oxygen atoms in total. The van der Waals surface area contributed by atoms with Crippen molar-refractivity contribution in [2.24, 2.45) is 0 Å². The normalized spacial score (nSPS) is 22.6. The molecule has 0 atom stereocenters. The molecule has 0 amide bonds. The van der Waals surface area contributed by atoms with Gasteiger partial charge in [0.15, 0.2) is 11.7 Å². The molecule has 0 radical (unpaired) electrons. The lowest BCUT2D eigenvalue weighted by molar-refractivity contribution is 0.158. The maximum absolute atomic E-state index is 5.89. The van der Waals surface area contributed by atoms with Crippen LogP contribution in [0.5, 0.6) is 0 Å². The highest BCUT2D eigenvalue weighted by molar-refractivity contribution is 5.16. The molecule has 0 aromatic carbocycles. The minimum Gasteiger partial charge on any atom is -0.444 e. The zero-order valence-electron chi connectivity index (χ0n) is 13.4. The highest BCUT2D eigenvalue weighted by Gasteiger charge is 2.43. The number of hydrogen-bond donors (Lipinski definition) is 1. The number of nitrogens with zero attached hydrogens (tertiary/aromatic N) is 4. The van der Waals surface area contributed by atoms with E-state index in [4.69, 9.17) is 4.42 Å². The van der Waals surface area contributed by atoms with E-state index in [1.807, 2.05) is 6.20 Å². The molecule has 2 aliphatic carbocycles. The summed E-state index contributed by atoms with van der Waals surface area (Å²) in [5.74, 6) is 4.74. The summed E-state index contributed by atoms with van der Waals surface area (Å²) in [6.07, 6.45) is 11.4. The minimum atomic E-state index is -0.0187. The molecule has 122 valence electrons. The number of nitrogens with one attached hydrogen (secondary N) is 1. The van der Waals surface area contributed by atoms with Gasteiger partial charge in [0, 0.05) is 18.9 Å². The van der Waals surface area contributed by atoms with Crippen LogP contribution in [0.4, 0.5) is 0 Å². The SMILES string of the molecule is c1nc(C2CC2)oc1CNC1(c2nnc3n2CCCC3)CCC1. The van der Waals surface area contributed by atoms with Gasteiger partial charge in [0.2, 0.25) is 0 Å². The van der Waals surface area contributed by atoms with Crippen LogP contribution in [0.15, 0.2) is 10.6 Å². The molecule has 5 rings (SSSR count). The Bertz CT molecular complexity index is 710. The molecular formula is C17H23N5O. The average molecular weight is 313 g/mol. The third-order valence-electron chi connectivity index (χ3n) is 5.59. The molecule has 2 aromatic rings. The van der Waals surface area contributed by atoms with Gasteiger partial charge in [-0.15, -0.1) is 10.2 Å². The van der Waals surface area contributed by atoms with Crippen LogP contribution in [-0.4, -0.2) is 19.7 Å². The van der Waals surface area contributed by atoms with Crippen LogP contribution in [0, 0.1) is 0 Å². The lowest BCUT2D eigenvalue weighted by Crippen LogP contribution is -2.49. The molecule has 2 aromatic heterocycles. The fourth-order valence-corrected chi connectivity index (χ4v) is 3.85. The van der Waals surface area contributed by atoms with E-state index in [0.717, 1.165) is 55.7 Å². The van der Waals surface area contributed by atoms with Crippen molar-refractivity contribution in [2.45, 2.75) is 75.9 Å². The lowest BCUT2D eigenvalue weighted by atomic mass is 9.75. The summed E-state index contributed by atoms with van der Waals surface area (Å²) in [6, 6.07) is 0. The second kappa shape index (κ2) is 5.16. The predicted octanol–water partition coefficient (Wildman–Crippen LogP) is 2.65. The molecule has 2 fully saturated rings. The van der Waals surface area contributed by atoms with Gasteiger partial charge in [0.1, 0.15) is 11.6 Å². The first-order valence-corrected chi connectivity index (χ1v) is 8.96. The Morgan fingerprint density at radius 3 is 2.91 bits per heavy atom. The summed E-state index contributed by atoms with van der Waals surface area (Å²) in [6.45, 7) is 1.79. The fraction of sp³-hybridized carbons (Fsp3) is 0.706. The van der Waals surface area contributed by atoms with E-state index in [-0.39, 0.29) is 5.54 Å². The van der Waals surface area contributed by atoms with Gasteiger partial charge in [-0.25, -0.2) is 4.98 Å². The lowest BCUT2D eigenvalue weighted by Gasteiger charge is -2.42. The van der Waals surface area contributed by atoms with Crippen LogP contribution >= 0.6 is 0 Å². The minimum absolute atomic E-state index is 0.0187. The molecule has 0 saturated heterocycles. The van der Waals surface area contributed by atoms with Gasteiger partial charge in [-0.05, 0) is 44.9 Å². The number of hydrogen-bond acceptors (Lipinski definition) is 5. The standard InChI is InChI=1S/C17H23N5O/c1-2-9-22-14(4-1)20-21-16(22)17(7-3-8-17)19-11-13-10-18-15(23-13)12-5-6-12/h10,12,19H,1-9,11H2. The second-order valence-electron chi connectivity index (χ2n) is 7.28. The van der Waals surface area contributed by atoms with Crippen LogP contribution in [0.3, 0.4) is 0 Å². The first kappa shape index (κ1) is 13.7. The molecule has 0 unspecified atom stereocenters. The molecule has 1 aliphatic heterocycles. The summed E-state index contributed by atoms with van der Waals surface area (Å²) < 4.78 is 8.24. The van der Waals surface area contributed by atoms with Gasteiger partial charge in [-0.1, -0.05) is 0 Å². The molecule has 2 saturated carbocycles. The highest BCUT2D eigenvalue weighted by atomic mass is 16.4. The van der Waals surface area contributed by atoms with Crippen molar-refractivity contribution in [3.8, 4) is 0 Å². The van der Waals surface area contributed by atoms with Crippen LogP contribution < -0.4 is 5.32 Å². The number of fused-ring (bicyclic) bond motifs is 1. The zero-order chi connectivity index (χ0) is 15.3. The number of rotatable bonds is 5. The van der Waals surface area contributed by atoms with Gasteiger partial charge in [0.05, 0.1) is 18.3 Å². The van der Waals surface area contributed by atoms with E-state index in [2.05, 4.69) is 25.1 Å². The first-order valence-electron chi connectivity index (χ1n) is 8.96. The summed E-state index contributed by atoms with van der Waals surface area (Å²) in [5.41, 5.74) is -0.0187. The summed E-state index contributed by atoms with van der Waals surface area (Å²) in [4.78, 5) is 4.42. The third kappa shape index (κ3) is 2.31. The first-order chi connectivity index (χ1) is 11.3. The monoisotopic (exact) mass is 313 g/mol. The van der Waals surface area contributed by atoms with Crippen molar-refractivity contribution in [3.05, 3.63) is 29.5 Å². The Balaban J connectivity index is 1.35. The van der Waals surface area contributed by atoms with E-state index >= 15 is 0 Å². The molecule has 3 heterocycles. The highest BCUT2D eigenvalue weighted by Crippen LogP contribution is 2.42. The van der Waals surface area contributed by atoms with Crippen molar-refractivity contribution in [1.29, 1.82) is 0 Å². The Kier molecular flexibility index (Phi) is 3.08. The van der Waals surface area contributed by atoms with Gasteiger partial charge in [-0.2, -0.15) is 0 Å². The van der Waals surface area contributed by atoms with Gasteiger partial charge >= 0.3 is 0 Å². The second-order valence-corrected chi connectivity index (χ2v) is 7.28. The Morgan fingerprint density at radius 1 is 1.22 bits per heavy atom. The summed E-state index contributed by atoms with van der Waals surface area (Å²) in [5, 5.41) is 12.7. The smallest absolute Gasteiger partial charge is 0.197 e. The van der Waals surface area contributed by atoms with E-state index < -0.39 is 0 Å². The average Bonchev–Trinajstić information content (AvgIpc) is 3.13. The molecule has 6 heteroatoms. The molecule has 3 aliphatic rings. The zero-order valence-corrected chi connectivity index (χ0v) is 13.4. The van der Waals surface area contributed by atoms with Crippen LogP contribution in [0.25, 0.3) is 0 Å². The Labute approximate surface area is 135 Å². The fourth-order valence-electron chi connectivity index (χ4n) is 3.85. The Hall–Kier alpha value is -1.69. The predicted molar refractivity (Wildman–Crippen MR) is 83.8 cm³/mol. The van der Waals surface area contributed by atoms with Gasteiger partial charge < -0.3 is 8.98 Å². The summed E-state index contributed by atoms with van der Waals surface area (Å²) in [7, 11) is 0. The quantitative estimate of drug-likeness (QED) is 0.919. The molecule has 23 heavy (non-hydrogen) atoms. The largest absolute Gasteiger partial charge is 0.444 e. The molecule has 1 N–H and O–H groups in total. The van der Waals surface area contributed by atoms with E-state index in [1.165, 1.54) is 32.1 Å². The number of aryl methyl sites for hydroxylation is 1. The maximum Gasteiger partial charge on any atom is 0.197 e. The van der Waals surface area contributed by atoms with Crippen molar-refractivity contribution in [2.75, 3.05) is 0 Å². The Morgan fingerprint density at radius 2 is 2.13 bits per heavy atom. The van der Waals surface area contributed by atoms with E-state index in [1.54, 1.807) is 0 Å². The number of aromatic nitrogens is 4. The van der Waals surface area contributed by atoms with Crippen LogP contribution in [0.2, 0.25) is 0 Å². The maximum atomic E-state index is 5.89. The topological polar surface area (TPSA) is 68.8 Å². The van der Waals surface area contributed by atoms with E-state index in [0.29, 0.717) is 5.92 Å². The van der Waals surface area contributed by atoms with Crippen molar-refractivity contribution in [3.63, 3.8) is 0 Å². The van der Waals surface area contributed by atoms with Crippen LogP contribution in [-0.2, 0) is 25.0 Å². The molecule has 0 spiro atoms. The van der Waals surface area contributed by atoms with Gasteiger partial charge in [-0.3, -0.25) is 5.32 Å². The third-order valence-corrected chi connectivity index (χ3v) is 5.59. The van der Waals surface area contributed by atoms with Crippen molar-refractivity contribution >= 4 is 0 Å².